The molecule has 2 saturated heterocycles. The number of likely N-dealkylation sites (tertiary alicyclic amines) is 1. The van der Waals surface area contributed by atoms with E-state index in [9.17, 15) is 9.59 Å². The number of thioether (sulfide) groups is 1. The number of hydrogen-bond acceptors (Lipinski definition) is 5. The summed E-state index contributed by atoms with van der Waals surface area (Å²) in [5, 5.41) is 0. The fourth-order valence-electron chi connectivity index (χ4n) is 3.86. The van der Waals surface area contributed by atoms with Crippen LogP contribution in [0.5, 0.6) is 5.75 Å². The summed E-state index contributed by atoms with van der Waals surface area (Å²) in [5.41, 5.74) is 0.899. The van der Waals surface area contributed by atoms with Crippen LogP contribution >= 0.6 is 24.0 Å². The lowest BCUT2D eigenvalue weighted by molar-refractivity contribution is -0.135. The van der Waals surface area contributed by atoms with E-state index >= 15 is 0 Å². The Morgan fingerprint density at radius 3 is 2.97 bits per heavy atom. The molecule has 1 aromatic rings. The van der Waals surface area contributed by atoms with Crippen LogP contribution in [0.3, 0.4) is 0 Å². The lowest BCUT2D eigenvalue weighted by Gasteiger charge is -2.35. The first-order chi connectivity index (χ1) is 14.0. The predicted octanol–water partition coefficient (Wildman–Crippen LogP) is 4.47. The predicted molar refractivity (Wildman–Crippen MR) is 122 cm³/mol. The minimum absolute atomic E-state index is 0.0836. The van der Waals surface area contributed by atoms with Gasteiger partial charge in [0, 0.05) is 25.6 Å². The number of methoxy groups -OCH3 is 1. The van der Waals surface area contributed by atoms with Crippen LogP contribution in [0.15, 0.2) is 29.2 Å². The summed E-state index contributed by atoms with van der Waals surface area (Å²) >= 11 is 6.72. The minimum Gasteiger partial charge on any atom is -0.497 e. The van der Waals surface area contributed by atoms with Gasteiger partial charge in [-0.15, -0.1) is 0 Å². The highest BCUT2D eigenvalue weighted by Crippen LogP contribution is 2.33. The highest BCUT2D eigenvalue weighted by Gasteiger charge is 2.32. The van der Waals surface area contributed by atoms with E-state index in [2.05, 4.69) is 6.92 Å². The van der Waals surface area contributed by atoms with Gasteiger partial charge in [0.1, 0.15) is 10.1 Å². The van der Waals surface area contributed by atoms with Crippen LogP contribution < -0.4 is 4.74 Å². The van der Waals surface area contributed by atoms with Gasteiger partial charge in [-0.1, -0.05) is 43.0 Å². The summed E-state index contributed by atoms with van der Waals surface area (Å²) in [7, 11) is 1.62. The van der Waals surface area contributed by atoms with Gasteiger partial charge in [0.15, 0.2) is 0 Å². The van der Waals surface area contributed by atoms with Gasteiger partial charge in [-0.3, -0.25) is 14.5 Å². The molecule has 156 valence electrons. The number of rotatable bonds is 7. The topological polar surface area (TPSA) is 49.9 Å². The molecule has 5 nitrogen and oxygen atoms in total. The summed E-state index contributed by atoms with van der Waals surface area (Å²) in [6, 6.07) is 7.94. The van der Waals surface area contributed by atoms with Crippen molar-refractivity contribution in [3.05, 3.63) is 34.7 Å². The minimum atomic E-state index is -0.0836. The molecular formula is C22H28N2O3S2. The Morgan fingerprint density at radius 2 is 2.21 bits per heavy atom. The lowest BCUT2D eigenvalue weighted by Crippen LogP contribution is -2.43. The monoisotopic (exact) mass is 432 g/mol. The number of amides is 2. The van der Waals surface area contributed by atoms with E-state index in [1.54, 1.807) is 12.0 Å². The fraction of sp³-hybridized carbons (Fsp3) is 0.500. The Kier molecular flexibility index (Phi) is 7.72. The Bertz CT molecular complexity index is 809. The molecule has 2 fully saturated rings. The van der Waals surface area contributed by atoms with Gasteiger partial charge in [-0.05, 0) is 55.9 Å². The Morgan fingerprint density at radius 1 is 1.38 bits per heavy atom. The molecule has 0 spiro atoms. The third-order valence-electron chi connectivity index (χ3n) is 5.46. The maximum absolute atomic E-state index is 12.8. The largest absolute Gasteiger partial charge is 0.497 e. The van der Waals surface area contributed by atoms with E-state index in [-0.39, 0.29) is 11.8 Å². The van der Waals surface area contributed by atoms with E-state index < -0.39 is 0 Å². The summed E-state index contributed by atoms with van der Waals surface area (Å²) in [4.78, 5) is 29.7. The van der Waals surface area contributed by atoms with E-state index in [0.717, 1.165) is 37.1 Å². The average molecular weight is 433 g/mol. The second-order valence-electron chi connectivity index (χ2n) is 7.36. The molecule has 2 amide bonds. The number of carbonyl (C=O) groups excluding carboxylic acids is 2. The van der Waals surface area contributed by atoms with Crippen LogP contribution in [0.1, 0.15) is 51.0 Å². The van der Waals surface area contributed by atoms with Crippen molar-refractivity contribution in [3.63, 3.8) is 0 Å². The van der Waals surface area contributed by atoms with Crippen molar-refractivity contribution >= 4 is 46.2 Å². The highest BCUT2D eigenvalue weighted by molar-refractivity contribution is 8.26. The molecule has 2 aliphatic rings. The molecule has 0 radical (unpaired) electrons. The van der Waals surface area contributed by atoms with Crippen LogP contribution in [-0.4, -0.2) is 52.2 Å². The molecule has 0 unspecified atom stereocenters. The first-order valence-corrected chi connectivity index (χ1v) is 11.4. The summed E-state index contributed by atoms with van der Waals surface area (Å²) in [5.74, 6) is 0.865. The normalized spacial score (nSPS) is 21.2. The standard InChI is InChI=1S/C22H28N2O3S2/c1-3-17-9-4-5-12-23(17)20(25)11-7-13-24-21(26)19(29-22(24)28)15-16-8-6-10-18(14-16)27-2/h6,8,10,14-15,17H,3-5,7,9,11-13H2,1-2H3/b19-15-/t17-/m0/s1. The molecule has 0 bridgehead atoms. The summed E-state index contributed by atoms with van der Waals surface area (Å²) in [6.07, 6.45) is 7.34. The number of thiocarbonyl (C=S) groups is 1. The maximum Gasteiger partial charge on any atom is 0.266 e. The van der Waals surface area contributed by atoms with Gasteiger partial charge in [0.05, 0.1) is 12.0 Å². The number of nitrogens with zero attached hydrogens (tertiary/aromatic N) is 2. The van der Waals surface area contributed by atoms with E-state index in [1.165, 1.54) is 18.2 Å². The molecular weight excluding hydrogens is 404 g/mol. The van der Waals surface area contributed by atoms with E-state index in [4.69, 9.17) is 17.0 Å². The van der Waals surface area contributed by atoms with Crippen molar-refractivity contribution in [1.29, 1.82) is 0 Å². The van der Waals surface area contributed by atoms with Crippen molar-refractivity contribution in [2.45, 2.75) is 51.5 Å². The van der Waals surface area contributed by atoms with Crippen LogP contribution in [0.2, 0.25) is 0 Å². The molecule has 1 atom stereocenters. The third-order valence-corrected chi connectivity index (χ3v) is 6.83. The average Bonchev–Trinajstić information content (AvgIpc) is 3.01. The Hall–Kier alpha value is -1.86. The van der Waals surface area contributed by atoms with Gasteiger partial charge in [0.2, 0.25) is 5.91 Å². The number of carbonyl (C=O) groups is 2. The van der Waals surface area contributed by atoms with Gasteiger partial charge in [-0.25, -0.2) is 0 Å². The molecule has 29 heavy (non-hydrogen) atoms. The quantitative estimate of drug-likeness (QED) is 0.470. The molecule has 0 aromatic heterocycles. The zero-order valence-corrected chi connectivity index (χ0v) is 18.7. The molecule has 2 aliphatic heterocycles. The molecule has 0 aliphatic carbocycles. The van der Waals surface area contributed by atoms with Crippen molar-refractivity contribution in [2.75, 3.05) is 20.2 Å². The van der Waals surface area contributed by atoms with Gasteiger partial charge < -0.3 is 9.64 Å². The Labute approximate surface area is 182 Å². The van der Waals surface area contributed by atoms with E-state index in [0.29, 0.717) is 34.7 Å². The van der Waals surface area contributed by atoms with Crippen LogP contribution in [-0.2, 0) is 9.59 Å². The number of piperidine rings is 1. The highest BCUT2D eigenvalue weighted by atomic mass is 32.2. The number of benzene rings is 1. The zero-order chi connectivity index (χ0) is 20.8. The van der Waals surface area contributed by atoms with Gasteiger partial charge in [0.25, 0.3) is 5.91 Å². The van der Waals surface area contributed by atoms with Gasteiger partial charge in [-0.2, -0.15) is 0 Å². The smallest absolute Gasteiger partial charge is 0.266 e. The van der Waals surface area contributed by atoms with Crippen molar-refractivity contribution in [3.8, 4) is 5.75 Å². The molecule has 0 N–H and O–H groups in total. The Balaban J connectivity index is 1.56. The number of ether oxygens (including phenoxy) is 1. The zero-order valence-electron chi connectivity index (χ0n) is 17.1. The summed E-state index contributed by atoms with van der Waals surface area (Å²) in [6.45, 7) is 3.49. The second-order valence-corrected chi connectivity index (χ2v) is 9.03. The fourth-order valence-corrected chi connectivity index (χ4v) is 5.17. The molecule has 7 heteroatoms. The molecule has 3 rings (SSSR count). The van der Waals surface area contributed by atoms with Crippen molar-refractivity contribution in [2.24, 2.45) is 0 Å². The van der Waals surface area contributed by atoms with E-state index in [1.807, 2.05) is 35.2 Å². The first kappa shape index (κ1) is 21.8. The SMILES string of the molecule is CC[C@H]1CCCCN1C(=O)CCCN1C(=O)/C(=C/c2cccc(OC)c2)SC1=S. The first-order valence-electron chi connectivity index (χ1n) is 10.2. The van der Waals surface area contributed by atoms with Gasteiger partial charge >= 0.3 is 0 Å². The van der Waals surface area contributed by atoms with Crippen LogP contribution in [0, 0.1) is 0 Å². The van der Waals surface area contributed by atoms with Crippen molar-refractivity contribution < 1.29 is 14.3 Å². The maximum atomic E-state index is 12.8. The molecule has 1 aromatic carbocycles. The second kappa shape index (κ2) is 10.3. The third kappa shape index (κ3) is 5.39. The van der Waals surface area contributed by atoms with Crippen LogP contribution in [0.25, 0.3) is 6.08 Å². The number of hydrogen-bond donors (Lipinski definition) is 0. The van der Waals surface area contributed by atoms with Crippen molar-refractivity contribution in [1.82, 2.24) is 9.80 Å². The molecule has 2 heterocycles. The van der Waals surface area contributed by atoms with Crippen LogP contribution in [0.4, 0.5) is 0 Å². The lowest BCUT2D eigenvalue weighted by atomic mass is 9.99. The molecule has 0 saturated carbocycles. The summed E-state index contributed by atoms with van der Waals surface area (Å²) < 4.78 is 5.79.